The van der Waals surface area contributed by atoms with Gasteiger partial charge in [-0.1, -0.05) is 43.9 Å². The summed E-state index contributed by atoms with van der Waals surface area (Å²) in [4.78, 5) is 36.6. The second kappa shape index (κ2) is 9.16. The zero-order valence-corrected chi connectivity index (χ0v) is 14.0. The summed E-state index contributed by atoms with van der Waals surface area (Å²) >= 11 is 0. The lowest BCUT2D eigenvalue weighted by molar-refractivity contribution is -0.142. The van der Waals surface area contributed by atoms with E-state index in [-0.39, 0.29) is 18.0 Å². The van der Waals surface area contributed by atoms with E-state index < -0.39 is 17.7 Å². The summed E-state index contributed by atoms with van der Waals surface area (Å²) in [7, 11) is 0. The Hall–Kier alpha value is -2.23. The van der Waals surface area contributed by atoms with Crippen LogP contribution in [-0.4, -0.2) is 17.5 Å². The summed E-state index contributed by atoms with van der Waals surface area (Å²) in [5, 5.41) is 0. The Morgan fingerprint density at radius 3 is 2.46 bits per heavy atom. The Bertz CT molecular complexity index is 618. The fourth-order valence-electron chi connectivity index (χ4n) is 2.91. The molecule has 0 aliphatic carbocycles. The van der Waals surface area contributed by atoms with E-state index in [9.17, 15) is 14.4 Å². The molecule has 2 rings (SSSR count). The van der Waals surface area contributed by atoms with Crippen molar-refractivity contribution in [2.75, 3.05) is 0 Å². The van der Waals surface area contributed by atoms with Gasteiger partial charge >= 0.3 is 5.97 Å². The number of para-hydroxylation sites is 1. The molecule has 1 aliphatic rings. The third-order valence-electron chi connectivity index (χ3n) is 4.26. The molecule has 1 aromatic carbocycles. The van der Waals surface area contributed by atoms with Crippen LogP contribution in [0.5, 0.6) is 5.75 Å². The third-order valence-corrected chi connectivity index (χ3v) is 4.26. The minimum Gasteiger partial charge on any atom is -0.425 e. The highest BCUT2D eigenvalue weighted by atomic mass is 16.5. The Morgan fingerprint density at radius 2 is 1.71 bits per heavy atom. The van der Waals surface area contributed by atoms with Gasteiger partial charge in [0, 0.05) is 6.42 Å². The maximum atomic E-state index is 12.4. The van der Waals surface area contributed by atoms with Gasteiger partial charge in [0.05, 0.1) is 5.56 Å². The van der Waals surface area contributed by atoms with Crippen LogP contribution in [0.3, 0.4) is 0 Å². The maximum absolute atomic E-state index is 12.4. The molecule has 0 spiro atoms. The Morgan fingerprint density at radius 1 is 1.04 bits per heavy atom. The van der Waals surface area contributed by atoms with E-state index in [1.54, 1.807) is 24.3 Å². The second-order valence-electron chi connectivity index (χ2n) is 6.13. The van der Waals surface area contributed by atoms with E-state index in [1.807, 2.05) is 6.08 Å². The van der Waals surface area contributed by atoms with Gasteiger partial charge in [0.1, 0.15) is 5.75 Å². The molecule has 24 heavy (non-hydrogen) atoms. The molecule has 0 bridgehead atoms. The van der Waals surface area contributed by atoms with Crippen LogP contribution in [0.25, 0.3) is 0 Å². The molecule has 4 nitrogen and oxygen atoms in total. The molecule has 1 heterocycles. The number of Topliss-reactive ketones (excluding diaryl/α,β-unsaturated/α-hetero) is 2. The SMILES string of the molecule is C=CCCCCCCCCC(=O)C1C(=O)Oc2ccccc2C1=O. The van der Waals surface area contributed by atoms with Gasteiger partial charge in [-0.2, -0.15) is 0 Å². The average molecular weight is 328 g/mol. The van der Waals surface area contributed by atoms with E-state index in [2.05, 4.69) is 6.58 Å². The topological polar surface area (TPSA) is 60.4 Å². The van der Waals surface area contributed by atoms with Gasteiger partial charge in [0.2, 0.25) is 0 Å². The van der Waals surface area contributed by atoms with Crippen LogP contribution in [0.1, 0.15) is 61.7 Å². The number of hydrogen-bond donors (Lipinski definition) is 0. The molecule has 0 aromatic heterocycles. The summed E-state index contributed by atoms with van der Waals surface area (Å²) in [6.45, 7) is 3.70. The molecular formula is C20H24O4. The lowest BCUT2D eigenvalue weighted by Gasteiger charge is -2.21. The van der Waals surface area contributed by atoms with Crippen LogP contribution in [0.15, 0.2) is 36.9 Å². The van der Waals surface area contributed by atoms with Crippen molar-refractivity contribution in [1.29, 1.82) is 0 Å². The fraction of sp³-hybridized carbons (Fsp3) is 0.450. The zero-order valence-electron chi connectivity index (χ0n) is 14.0. The second-order valence-corrected chi connectivity index (χ2v) is 6.13. The van der Waals surface area contributed by atoms with Crippen molar-refractivity contribution >= 4 is 17.5 Å². The first kappa shape index (κ1) is 18.1. The standard InChI is InChI=1S/C20H24O4/c1-2-3-4-5-6-7-8-9-13-16(21)18-19(22)15-12-10-11-14-17(15)24-20(18)23/h2,10-12,14,18H,1,3-9,13H2. The van der Waals surface area contributed by atoms with Gasteiger partial charge in [-0.15, -0.1) is 6.58 Å². The monoisotopic (exact) mass is 328 g/mol. The van der Waals surface area contributed by atoms with Gasteiger partial charge in [-0.05, 0) is 31.4 Å². The molecule has 1 aromatic rings. The molecule has 0 saturated heterocycles. The highest BCUT2D eigenvalue weighted by molar-refractivity contribution is 6.25. The first-order chi connectivity index (χ1) is 11.6. The minimum atomic E-state index is -1.28. The number of ketones is 2. The number of ether oxygens (including phenoxy) is 1. The Balaban J connectivity index is 1.77. The molecule has 1 unspecified atom stereocenters. The molecule has 0 saturated carbocycles. The number of fused-ring (bicyclic) bond motifs is 1. The van der Waals surface area contributed by atoms with Crippen molar-refractivity contribution in [1.82, 2.24) is 0 Å². The molecule has 4 heteroatoms. The molecular weight excluding hydrogens is 304 g/mol. The smallest absolute Gasteiger partial charge is 0.329 e. The van der Waals surface area contributed by atoms with Gasteiger partial charge in [-0.3, -0.25) is 14.4 Å². The van der Waals surface area contributed by atoms with E-state index in [1.165, 1.54) is 6.42 Å². The Kier molecular flexibility index (Phi) is 6.91. The van der Waals surface area contributed by atoms with Gasteiger partial charge in [0.15, 0.2) is 17.5 Å². The van der Waals surface area contributed by atoms with E-state index in [0.717, 1.165) is 32.1 Å². The highest BCUT2D eigenvalue weighted by Gasteiger charge is 2.40. The highest BCUT2D eigenvalue weighted by Crippen LogP contribution is 2.29. The number of allylic oxidation sites excluding steroid dienone is 1. The van der Waals surface area contributed by atoms with Crippen LogP contribution in [-0.2, 0) is 9.59 Å². The predicted molar refractivity (Wildman–Crippen MR) is 92.0 cm³/mol. The van der Waals surface area contributed by atoms with Crippen LogP contribution in [0, 0.1) is 5.92 Å². The van der Waals surface area contributed by atoms with Crippen LogP contribution >= 0.6 is 0 Å². The molecule has 1 atom stereocenters. The number of esters is 1. The summed E-state index contributed by atoms with van der Waals surface area (Å²) in [5.74, 6) is -2.54. The van der Waals surface area contributed by atoms with Gasteiger partial charge in [-0.25, -0.2) is 0 Å². The van der Waals surface area contributed by atoms with Gasteiger partial charge < -0.3 is 4.74 Å². The zero-order chi connectivity index (χ0) is 17.4. The molecule has 0 amide bonds. The number of carbonyl (C=O) groups is 3. The quantitative estimate of drug-likeness (QED) is 0.211. The van der Waals surface area contributed by atoms with Crippen LogP contribution in [0.2, 0.25) is 0 Å². The van der Waals surface area contributed by atoms with Crippen molar-refractivity contribution in [3.8, 4) is 5.75 Å². The lowest BCUT2D eigenvalue weighted by Crippen LogP contribution is -2.38. The fourth-order valence-corrected chi connectivity index (χ4v) is 2.91. The maximum Gasteiger partial charge on any atom is 0.329 e. The molecule has 0 N–H and O–H groups in total. The van der Waals surface area contributed by atoms with E-state index in [4.69, 9.17) is 4.74 Å². The van der Waals surface area contributed by atoms with Crippen molar-refractivity contribution in [3.63, 3.8) is 0 Å². The number of rotatable bonds is 10. The summed E-state index contributed by atoms with van der Waals surface area (Å²) in [6, 6.07) is 6.55. The summed E-state index contributed by atoms with van der Waals surface area (Å²) in [6.07, 6.45) is 9.40. The largest absolute Gasteiger partial charge is 0.425 e. The average Bonchev–Trinajstić information content (AvgIpc) is 2.57. The normalized spacial score (nSPS) is 16.4. The van der Waals surface area contributed by atoms with E-state index in [0.29, 0.717) is 12.0 Å². The first-order valence-electron chi connectivity index (χ1n) is 8.63. The summed E-state index contributed by atoms with van der Waals surface area (Å²) < 4.78 is 5.13. The molecule has 0 fully saturated rings. The molecule has 0 radical (unpaired) electrons. The minimum absolute atomic E-state index is 0.246. The van der Waals surface area contributed by atoms with Crippen LogP contribution < -0.4 is 4.74 Å². The number of benzene rings is 1. The van der Waals surface area contributed by atoms with E-state index >= 15 is 0 Å². The molecule has 128 valence electrons. The number of carbonyl (C=O) groups excluding carboxylic acids is 3. The van der Waals surface area contributed by atoms with Gasteiger partial charge in [0.25, 0.3) is 0 Å². The van der Waals surface area contributed by atoms with Crippen molar-refractivity contribution in [2.45, 2.75) is 51.4 Å². The predicted octanol–water partition coefficient (Wildman–Crippen LogP) is 4.28. The summed E-state index contributed by atoms with van der Waals surface area (Å²) in [5.41, 5.74) is 0.317. The Labute approximate surface area is 142 Å². The van der Waals surface area contributed by atoms with Crippen molar-refractivity contribution < 1.29 is 19.1 Å². The van der Waals surface area contributed by atoms with Crippen molar-refractivity contribution in [2.24, 2.45) is 5.92 Å². The third kappa shape index (κ3) is 4.63. The molecule has 1 aliphatic heterocycles. The number of hydrogen-bond acceptors (Lipinski definition) is 4. The first-order valence-corrected chi connectivity index (χ1v) is 8.63. The van der Waals surface area contributed by atoms with Crippen LogP contribution in [0.4, 0.5) is 0 Å². The van der Waals surface area contributed by atoms with Crippen molar-refractivity contribution in [3.05, 3.63) is 42.5 Å². The lowest BCUT2D eigenvalue weighted by atomic mass is 9.88. The number of unbranched alkanes of at least 4 members (excludes halogenated alkanes) is 6.